The molecule has 0 saturated carbocycles. The van der Waals surface area contributed by atoms with Crippen LogP contribution in [0.15, 0.2) is 72.2 Å². The third-order valence-electron chi connectivity index (χ3n) is 5.68. The van der Waals surface area contributed by atoms with E-state index in [9.17, 15) is 31.4 Å². The SMILES string of the molecule is C=Cc1cc(C(F)(F)F)cc2c1n(C)/c(=N/c1ccc(OC(F)(F)F)cc1)n2Cc1ccc(CO)cc1. The lowest BCUT2D eigenvalue weighted by Gasteiger charge is -2.11. The number of nitrogens with zero attached hydrogens (tertiary/aromatic N) is 3. The van der Waals surface area contributed by atoms with E-state index < -0.39 is 23.9 Å². The Bertz CT molecular complexity index is 1500. The Morgan fingerprint density at radius 1 is 0.946 bits per heavy atom. The normalized spacial score (nSPS) is 12.8. The van der Waals surface area contributed by atoms with Gasteiger partial charge in [-0.15, -0.1) is 13.2 Å². The maximum absolute atomic E-state index is 13.7. The van der Waals surface area contributed by atoms with Crippen molar-refractivity contribution in [2.45, 2.75) is 25.7 Å². The molecule has 1 heterocycles. The second kappa shape index (κ2) is 9.81. The van der Waals surface area contributed by atoms with E-state index in [2.05, 4.69) is 16.3 Å². The van der Waals surface area contributed by atoms with Gasteiger partial charge in [0, 0.05) is 12.6 Å². The summed E-state index contributed by atoms with van der Waals surface area (Å²) in [7, 11) is 1.63. The molecular formula is C26H21F6N3O2. The lowest BCUT2D eigenvalue weighted by Crippen LogP contribution is -2.24. The number of aromatic nitrogens is 2. The fourth-order valence-electron chi connectivity index (χ4n) is 3.98. The molecule has 4 aromatic rings. The predicted octanol–water partition coefficient (Wildman–Crippen LogP) is 6.31. The number of benzene rings is 3. The molecule has 0 saturated heterocycles. The van der Waals surface area contributed by atoms with Gasteiger partial charge >= 0.3 is 12.5 Å². The summed E-state index contributed by atoms with van der Waals surface area (Å²) in [6.45, 7) is 3.64. The molecule has 37 heavy (non-hydrogen) atoms. The number of hydrogen-bond acceptors (Lipinski definition) is 3. The minimum Gasteiger partial charge on any atom is -0.406 e. The fraction of sp³-hybridized carbons (Fsp3) is 0.192. The van der Waals surface area contributed by atoms with Crippen molar-refractivity contribution in [3.63, 3.8) is 0 Å². The standard InChI is InChI=1S/C26H21F6N3O2/c1-3-18-12-19(25(27,28)29)13-22-23(18)34(2)24(35(22)14-16-4-6-17(15-36)7-5-16)33-20-8-10-21(11-9-20)37-26(30,31)32/h3-13,36H,1,14-15H2,2H3/b33-24-. The van der Waals surface area contributed by atoms with E-state index in [1.807, 2.05) is 0 Å². The van der Waals surface area contributed by atoms with E-state index in [1.165, 1.54) is 18.2 Å². The summed E-state index contributed by atoms with van der Waals surface area (Å²) >= 11 is 0. The van der Waals surface area contributed by atoms with Crippen LogP contribution in [0.5, 0.6) is 5.75 Å². The molecular weight excluding hydrogens is 500 g/mol. The minimum absolute atomic E-state index is 0.134. The van der Waals surface area contributed by atoms with Crippen LogP contribution in [0, 0.1) is 0 Å². The Hall–Kier alpha value is -3.99. The highest BCUT2D eigenvalue weighted by Crippen LogP contribution is 2.34. The topological polar surface area (TPSA) is 51.7 Å². The molecule has 1 aromatic heterocycles. The molecule has 0 fully saturated rings. The Labute approximate surface area is 207 Å². The first-order valence-corrected chi connectivity index (χ1v) is 10.9. The van der Waals surface area contributed by atoms with Gasteiger partial charge in [0.05, 0.1) is 35.4 Å². The van der Waals surface area contributed by atoms with Gasteiger partial charge in [-0.25, -0.2) is 4.99 Å². The third kappa shape index (κ3) is 5.72. The zero-order chi connectivity index (χ0) is 27.0. The number of aliphatic hydroxyl groups excluding tert-OH is 1. The molecule has 11 heteroatoms. The molecule has 0 bridgehead atoms. The second-order valence-electron chi connectivity index (χ2n) is 8.21. The van der Waals surface area contributed by atoms with Crippen LogP contribution in [0.2, 0.25) is 0 Å². The Morgan fingerprint density at radius 3 is 2.11 bits per heavy atom. The van der Waals surface area contributed by atoms with Crippen molar-refractivity contribution in [1.82, 2.24) is 9.13 Å². The minimum atomic E-state index is -4.85. The van der Waals surface area contributed by atoms with E-state index in [0.29, 0.717) is 11.1 Å². The van der Waals surface area contributed by atoms with E-state index in [4.69, 9.17) is 0 Å². The number of fused-ring (bicyclic) bond motifs is 1. The van der Waals surface area contributed by atoms with Crippen LogP contribution in [0.25, 0.3) is 17.1 Å². The number of hydrogen-bond donors (Lipinski definition) is 1. The van der Waals surface area contributed by atoms with Crippen molar-refractivity contribution < 1.29 is 36.2 Å². The molecule has 1 N–H and O–H groups in total. The summed E-state index contributed by atoms with van der Waals surface area (Å²) < 4.78 is 85.7. The van der Waals surface area contributed by atoms with Gasteiger partial charge in [0.1, 0.15) is 5.75 Å². The molecule has 0 unspecified atom stereocenters. The van der Waals surface area contributed by atoms with Gasteiger partial charge in [0.2, 0.25) is 5.62 Å². The van der Waals surface area contributed by atoms with E-state index >= 15 is 0 Å². The number of imidazole rings is 1. The lowest BCUT2D eigenvalue weighted by atomic mass is 10.1. The van der Waals surface area contributed by atoms with Crippen LogP contribution in [-0.2, 0) is 26.4 Å². The number of halogens is 6. The van der Waals surface area contributed by atoms with Crippen LogP contribution in [-0.4, -0.2) is 20.6 Å². The number of aliphatic hydroxyl groups is 1. The van der Waals surface area contributed by atoms with E-state index in [0.717, 1.165) is 29.8 Å². The molecule has 4 rings (SSSR count). The number of alkyl halides is 6. The van der Waals surface area contributed by atoms with Crippen LogP contribution in [0.4, 0.5) is 32.0 Å². The molecule has 0 aliphatic heterocycles. The maximum Gasteiger partial charge on any atom is 0.573 e. The highest BCUT2D eigenvalue weighted by atomic mass is 19.4. The van der Waals surface area contributed by atoms with E-state index in [1.54, 1.807) is 40.4 Å². The molecule has 0 amide bonds. The predicted molar refractivity (Wildman–Crippen MR) is 126 cm³/mol. The Kier molecular flexibility index (Phi) is 6.92. The van der Waals surface area contributed by atoms with Crippen molar-refractivity contribution in [2.75, 3.05) is 0 Å². The van der Waals surface area contributed by atoms with E-state index in [-0.39, 0.29) is 35.5 Å². The summed E-state index contributed by atoms with van der Waals surface area (Å²) in [4.78, 5) is 4.55. The molecule has 194 valence electrons. The van der Waals surface area contributed by atoms with Crippen molar-refractivity contribution >= 4 is 22.8 Å². The van der Waals surface area contributed by atoms with Gasteiger partial charge in [0.25, 0.3) is 0 Å². The summed E-state index contributed by atoms with van der Waals surface area (Å²) in [5.41, 5.74) is 2.01. The monoisotopic (exact) mass is 521 g/mol. The summed E-state index contributed by atoms with van der Waals surface area (Å²) in [5, 5.41) is 9.31. The van der Waals surface area contributed by atoms with Gasteiger partial charge in [-0.1, -0.05) is 36.9 Å². The number of rotatable bonds is 6. The van der Waals surface area contributed by atoms with Crippen molar-refractivity contribution in [3.8, 4) is 5.75 Å². The van der Waals surface area contributed by atoms with Crippen LogP contribution >= 0.6 is 0 Å². The average Bonchev–Trinajstić information content (AvgIpc) is 3.09. The zero-order valence-corrected chi connectivity index (χ0v) is 19.4. The average molecular weight is 521 g/mol. The summed E-state index contributed by atoms with van der Waals surface area (Å²) in [6, 6.07) is 13.8. The van der Waals surface area contributed by atoms with Gasteiger partial charge in [0.15, 0.2) is 0 Å². The molecule has 0 aliphatic rings. The smallest absolute Gasteiger partial charge is 0.406 e. The van der Waals surface area contributed by atoms with Crippen molar-refractivity contribution in [2.24, 2.45) is 12.0 Å². The van der Waals surface area contributed by atoms with Crippen LogP contribution in [0.1, 0.15) is 22.3 Å². The molecule has 3 aromatic carbocycles. The van der Waals surface area contributed by atoms with Crippen LogP contribution < -0.4 is 10.4 Å². The summed E-state index contributed by atoms with van der Waals surface area (Å²) in [6.07, 6.45) is -8.13. The van der Waals surface area contributed by atoms with Gasteiger partial charge < -0.3 is 19.0 Å². The van der Waals surface area contributed by atoms with Crippen LogP contribution in [0.3, 0.4) is 0 Å². The van der Waals surface area contributed by atoms with Crippen molar-refractivity contribution in [1.29, 1.82) is 0 Å². The quantitative estimate of drug-likeness (QED) is 0.302. The highest BCUT2D eigenvalue weighted by molar-refractivity contribution is 5.86. The third-order valence-corrected chi connectivity index (χ3v) is 5.68. The molecule has 5 nitrogen and oxygen atoms in total. The fourth-order valence-corrected chi connectivity index (χ4v) is 3.98. The van der Waals surface area contributed by atoms with Crippen molar-refractivity contribution in [3.05, 3.63) is 95.1 Å². The Morgan fingerprint density at radius 2 is 1.57 bits per heavy atom. The first kappa shape index (κ1) is 26.1. The number of aryl methyl sites for hydroxylation is 1. The molecule has 0 atom stereocenters. The molecule has 0 aliphatic carbocycles. The Balaban J connectivity index is 1.94. The van der Waals surface area contributed by atoms with Gasteiger partial charge in [-0.05, 0) is 47.5 Å². The van der Waals surface area contributed by atoms with Gasteiger partial charge in [-0.3, -0.25) is 0 Å². The summed E-state index contributed by atoms with van der Waals surface area (Å²) in [5.74, 6) is -0.427. The highest BCUT2D eigenvalue weighted by Gasteiger charge is 2.32. The zero-order valence-electron chi connectivity index (χ0n) is 19.4. The lowest BCUT2D eigenvalue weighted by molar-refractivity contribution is -0.274. The molecule has 0 spiro atoms. The first-order chi connectivity index (χ1) is 17.4. The largest absolute Gasteiger partial charge is 0.573 e. The second-order valence-corrected chi connectivity index (χ2v) is 8.21. The first-order valence-electron chi connectivity index (χ1n) is 10.9. The van der Waals surface area contributed by atoms with Gasteiger partial charge in [-0.2, -0.15) is 13.2 Å². The maximum atomic E-state index is 13.7. The molecule has 0 radical (unpaired) electrons. The number of ether oxygens (including phenoxy) is 1.